The minimum Gasteiger partial charge on any atom is -0.324 e. The molecule has 0 radical (unpaired) electrons. The van der Waals surface area contributed by atoms with Gasteiger partial charge in [-0.2, -0.15) is 0 Å². The number of rotatable bonds is 5. The van der Waals surface area contributed by atoms with E-state index in [1.165, 1.54) is 10.5 Å². The maximum absolute atomic E-state index is 6.09. The van der Waals surface area contributed by atoms with Crippen LogP contribution in [0.5, 0.6) is 0 Å². The van der Waals surface area contributed by atoms with Crippen LogP contribution in [0.4, 0.5) is 0 Å². The van der Waals surface area contributed by atoms with Gasteiger partial charge in [-0.3, -0.25) is 0 Å². The summed E-state index contributed by atoms with van der Waals surface area (Å²) in [5, 5.41) is 0. The lowest BCUT2D eigenvalue weighted by Gasteiger charge is -2.15. The lowest BCUT2D eigenvalue weighted by Crippen LogP contribution is -2.09. The van der Waals surface area contributed by atoms with Gasteiger partial charge in [0.05, 0.1) is 0 Å². The van der Waals surface area contributed by atoms with E-state index < -0.39 is 0 Å². The Hall–Kier alpha value is -0.470. The molecule has 0 spiro atoms. The van der Waals surface area contributed by atoms with E-state index in [-0.39, 0.29) is 6.04 Å². The summed E-state index contributed by atoms with van der Waals surface area (Å²) in [6.07, 6.45) is 0.999. The second kappa shape index (κ2) is 6.19. The van der Waals surface area contributed by atoms with Gasteiger partial charge in [-0.25, -0.2) is 0 Å². The zero-order valence-corrected chi connectivity index (χ0v) is 10.7. The molecule has 84 valence electrons. The highest BCUT2D eigenvalue weighted by atomic mass is 32.2. The van der Waals surface area contributed by atoms with Crippen molar-refractivity contribution in [3.05, 3.63) is 29.8 Å². The lowest BCUT2D eigenvalue weighted by molar-refractivity contribution is 0.684. The molecule has 2 N–H and O–H groups in total. The Bertz CT molecular complexity index is 296. The summed E-state index contributed by atoms with van der Waals surface area (Å²) < 4.78 is 0. The number of hydrogen-bond donors (Lipinski definition) is 1. The molecule has 0 aliphatic heterocycles. The third kappa shape index (κ3) is 3.88. The number of thioether (sulfide) groups is 1. The maximum Gasteiger partial charge on any atom is 0.0303 e. The molecule has 0 saturated heterocycles. The van der Waals surface area contributed by atoms with Crippen molar-refractivity contribution >= 4 is 11.8 Å². The Morgan fingerprint density at radius 3 is 2.53 bits per heavy atom. The highest BCUT2D eigenvalue weighted by molar-refractivity contribution is 7.99. The van der Waals surface area contributed by atoms with Crippen LogP contribution < -0.4 is 5.73 Å². The fourth-order valence-electron chi connectivity index (χ4n) is 1.39. The number of nitrogens with two attached hydrogens (primary N) is 1. The summed E-state index contributed by atoms with van der Waals surface area (Å²) in [6, 6.07) is 8.67. The Labute approximate surface area is 97.4 Å². The molecule has 1 atom stereocenters. The van der Waals surface area contributed by atoms with Crippen molar-refractivity contribution in [2.75, 3.05) is 5.75 Å². The molecule has 2 heteroatoms. The second-order valence-electron chi connectivity index (χ2n) is 4.26. The molecular weight excluding hydrogens is 202 g/mol. The molecule has 1 aromatic rings. The second-order valence-corrected chi connectivity index (χ2v) is 5.32. The van der Waals surface area contributed by atoms with E-state index in [9.17, 15) is 0 Å². The molecule has 0 heterocycles. The van der Waals surface area contributed by atoms with Crippen LogP contribution in [-0.4, -0.2) is 5.75 Å². The van der Waals surface area contributed by atoms with Crippen molar-refractivity contribution in [1.82, 2.24) is 0 Å². The molecule has 0 bridgehead atoms. The van der Waals surface area contributed by atoms with Crippen LogP contribution in [0.3, 0.4) is 0 Å². The molecule has 1 nitrogen and oxygen atoms in total. The predicted octanol–water partition coefficient (Wildman–Crippen LogP) is 3.84. The average Bonchev–Trinajstić information content (AvgIpc) is 2.25. The highest BCUT2D eigenvalue weighted by Crippen LogP contribution is 2.28. The molecule has 1 unspecified atom stereocenters. The van der Waals surface area contributed by atoms with Crippen LogP contribution in [0.15, 0.2) is 29.2 Å². The van der Waals surface area contributed by atoms with Crippen LogP contribution in [0.1, 0.15) is 38.8 Å². The van der Waals surface area contributed by atoms with Crippen LogP contribution in [-0.2, 0) is 0 Å². The molecule has 1 rings (SSSR count). The SMILES string of the molecule is CCC(N)c1ccccc1SCC(C)C. The van der Waals surface area contributed by atoms with Crippen molar-refractivity contribution in [1.29, 1.82) is 0 Å². The quantitative estimate of drug-likeness (QED) is 0.767. The summed E-state index contributed by atoms with van der Waals surface area (Å²) in [4.78, 5) is 1.35. The van der Waals surface area contributed by atoms with Gasteiger partial charge in [0.15, 0.2) is 0 Å². The Morgan fingerprint density at radius 1 is 1.27 bits per heavy atom. The van der Waals surface area contributed by atoms with Gasteiger partial charge in [0, 0.05) is 16.7 Å². The monoisotopic (exact) mass is 223 g/mol. The van der Waals surface area contributed by atoms with Gasteiger partial charge in [0.25, 0.3) is 0 Å². The summed E-state index contributed by atoms with van der Waals surface area (Å²) in [7, 11) is 0. The average molecular weight is 223 g/mol. The molecule has 0 amide bonds. The van der Waals surface area contributed by atoms with Gasteiger partial charge in [-0.15, -0.1) is 11.8 Å². The number of hydrogen-bond acceptors (Lipinski definition) is 2. The third-order valence-electron chi connectivity index (χ3n) is 2.33. The largest absolute Gasteiger partial charge is 0.324 e. The van der Waals surface area contributed by atoms with Crippen molar-refractivity contribution in [3.63, 3.8) is 0 Å². The van der Waals surface area contributed by atoms with Gasteiger partial charge >= 0.3 is 0 Å². The summed E-state index contributed by atoms with van der Waals surface area (Å²) in [5.74, 6) is 1.88. The van der Waals surface area contributed by atoms with E-state index in [0.29, 0.717) is 0 Å². The van der Waals surface area contributed by atoms with Crippen LogP contribution >= 0.6 is 11.8 Å². The van der Waals surface area contributed by atoms with Crippen molar-refractivity contribution in [2.45, 2.75) is 38.1 Å². The lowest BCUT2D eigenvalue weighted by atomic mass is 10.1. The normalized spacial score (nSPS) is 13.1. The summed E-state index contributed by atoms with van der Waals surface area (Å²) >= 11 is 1.92. The van der Waals surface area contributed by atoms with Gasteiger partial charge in [0.2, 0.25) is 0 Å². The van der Waals surface area contributed by atoms with Crippen molar-refractivity contribution in [3.8, 4) is 0 Å². The topological polar surface area (TPSA) is 26.0 Å². The smallest absolute Gasteiger partial charge is 0.0303 e. The standard InChI is InChI=1S/C13H21NS/c1-4-12(14)11-7-5-6-8-13(11)15-9-10(2)3/h5-8,10,12H,4,9,14H2,1-3H3. The predicted molar refractivity (Wildman–Crippen MR) is 69.2 cm³/mol. The maximum atomic E-state index is 6.09. The van der Waals surface area contributed by atoms with Crippen molar-refractivity contribution in [2.24, 2.45) is 11.7 Å². The van der Waals surface area contributed by atoms with E-state index in [4.69, 9.17) is 5.73 Å². The van der Waals surface area contributed by atoms with Gasteiger partial charge in [-0.05, 0) is 24.0 Å². The highest BCUT2D eigenvalue weighted by Gasteiger charge is 2.09. The third-order valence-corrected chi connectivity index (χ3v) is 3.85. The first kappa shape index (κ1) is 12.6. The molecule has 1 aromatic carbocycles. The van der Waals surface area contributed by atoms with Crippen LogP contribution in [0.2, 0.25) is 0 Å². The minimum atomic E-state index is 0.181. The van der Waals surface area contributed by atoms with Crippen molar-refractivity contribution < 1.29 is 0 Å². The van der Waals surface area contributed by atoms with E-state index >= 15 is 0 Å². The summed E-state index contributed by atoms with van der Waals surface area (Å²) in [5.41, 5.74) is 7.39. The first-order valence-corrected chi connectivity index (χ1v) is 6.61. The van der Waals surface area contributed by atoms with E-state index in [2.05, 4.69) is 45.0 Å². The molecule has 0 aromatic heterocycles. The molecule has 0 fully saturated rings. The van der Waals surface area contributed by atoms with Gasteiger partial charge < -0.3 is 5.73 Å². The molecule has 0 aliphatic rings. The van der Waals surface area contributed by atoms with Crippen LogP contribution in [0.25, 0.3) is 0 Å². The van der Waals surface area contributed by atoms with Gasteiger partial charge in [0.1, 0.15) is 0 Å². The van der Waals surface area contributed by atoms with Crippen LogP contribution in [0, 0.1) is 5.92 Å². The zero-order valence-electron chi connectivity index (χ0n) is 9.86. The van der Waals surface area contributed by atoms with Gasteiger partial charge in [-0.1, -0.05) is 39.0 Å². The summed E-state index contributed by atoms with van der Waals surface area (Å²) in [6.45, 7) is 6.62. The molecule has 0 saturated carbocycles. The minimum absolute atomic E-state index is 0.181. The molecule has 0 aliphatic carbocycles. The van der Waals surface area contributed by atoms with E-state index in [1.807, 2.05) is 11.8 Å². The molecule has 15 heavy (non-hydrogen) atoms. The number of benzene rings is 1. The fourth-order valence-corrected chi connectivity index (χ4v) is 2.47. The first-order chi connectivity index (χ1) is 7.15. The Morgan fingerprint density at radius 2 is 1.93 bits per heavy atom. The Kier molecular flexibility index (Phi) is 5.20. The van der Waals surface area contributed by atoms with E-state index in [0.717, 1.165) is 18.1 Å². The first-order valence-electron chi connectivity index (χ1n) is 5.62. The zero-order chi connectivity index (χ0) is 11.3. The van der Waals surface area contributed by atoms with E-state index in [1.54, 1.807) is 0 Å². The Balaban J connectivity index is 2.77. The fraction of sp³-hybridized carbons (Fsp3) is 0.538. The molecular formula is C13H21NS.